The molecule has 0 aromatic heterocycles. The number of carbonyl (C=O) groups excluding carboxylic acids is 1. The highest BCUT2D eigenvalue weighted by molar-refractivity contribution is 5.90. The summed E-state index contributed by atoms with van der Waals surface area (Å²) in [4.78, 5) is 13.5. The van der Waals surface area contributed by atoms with Gasteiger partial charge in [-0.05, 0) is 37.8 Å². The summed E-state index contributed by atoms with van der Waals surface area (Å²) in [7, 11) is 1.56. The highest BCUT2D eigenvalue weighted by Crippen LogP contribution is 2.33. The number of aliphatic hydroxyl groups is 1. The second-order valence-electron chi connectivity index (χ2n) is 6.05. The van der Waals surface area contributed by atoms with Crippen LogP contribution in [0.15, 0.2) is 18.2 Å². The van der Waals surface area contributed by atoms with Crippen LogP contribution in [0, 0.1) is 12.8 Å². The third kappa shape index (κ3) is 5.30. The minimum Gasteiger partial charge on any atom is -0.484 e. The lowest BCUT2D eigenvalue weighted by molar-refractivity contribution is -0.153. The van der Waals surface area contributed by atoms with Crippen molar-refractivity contribution in [3.8, 4) is 5.75 Å². The highest BCUT2D eigenvalue weighted by Gasteiger charge is 2.31. The Balaban J connectivity index is 1.96. The number of ether oxygens (including phenoxy) is 1. The average molecular weight is 346 g/mol. The highest BCUT2D eigenvalue weighted by atomic mass is 19.4. The number of halogens is 3. The van der Waals surface area contributed by atoms with E-state index in [1.165, 1.54) is 17.0 Å². The van der Waals surface area contributed by atoms with E-state index in [1.54, 1.807) is 20.0 Å². The zero-order valence-electron chi connectivity index (χ0n) is 13.6. The van der Waals surface area contributed by atoms with E-state index in [0.29, 0.717) is 11.3 Å². The number of hydrogen-bond donors (Lipinski definition) is 2. The van der Waals surface area contributed by atoms with Gasteiger partial charge in [-0.1, -0.05) is 6.07 Å². The van der Waals surface area contributed by atoms with Crippen LogP contribution >= 0.6 is 0 Å². The molecule has 24 heavy (non-hydrogen) atoms. The fraction of sp³-hybridized carbons (Fsp3) is 0.562. The Morgan fingerprint density at radius 2 is 2.12 bits per heavy atom. The van der Waals surface area contributed by atoms with Crippen LogP contribution in [0.25, 0.3) is 0 Å². The van der Waals surface area contributed by atoms with E-state index in [1.807, 2.05) is 0 Å². The monoisotopic (exact) mass is 346 g/mol. The van der Waals surface area contributed by atoms with E-state index in [4.69, 9.17) is 4.74 Å². The van der Waals surface area contributed by atoms with E-state index < -0.39 is 24.9 Å². The van der Waals surface area contributed by atoms with Crippen LogP contribution in [-0.4, -0.2) is 48.5 Å². The number of urea groups is 1. The molecule has 0 saturated heterocycles. The number of nitrogens with zero attached hydrogens (tertiary/aromatic N) is 1. The maximum Gasteiger partial charge on any atom is 0.422 e. The first kappa shape index (κ1) is 18.4. The van der Waals surface area contributed by atoms with Crippen molar-refractivity contribution >= 4 is 11.7 Å². The summed E-state index contributed by atoms with van der Waals surface area (Å²) in [6, 6.07) is 4.06. The first-order valence-corrected chi connectivity index (χ1v) is 7.66. The molecule has 1 aliphatic rings. The van der Waals surface area contributed by atoms with Gasteiger partial charge in [0.1, 0.15) is 5.75 Å². The molecule has 0 aliphatic heterocycles. The molecule has 1 aromatic rings. The van der Waals surface area contributed by atoms with E-state index in [2.05, 4.69) is 5.32 Å². The fourth-order valence-electron chi connectivity index (χ4n) is 2.27. The van der Waals surface area contributed by atoms with Gasteiger partial charge in [0.15, 0.2) is 6.61 Å². The zero-order chi connectivity index (χ0) is 17.9. The van der Waals surface area contributed by atoms with Crippen LogP contribution < -0.4 is 10.1 Å². The van der Waals surface area contributed by atoms with Gasteiger partial charge in [0, 0.05) is 24.8 Å². The Hall–Kier alpha value is -1.96. The summed E-state index contributed by atoms with van der Waals surface area (Å²) < 4.78 is 41.5. The second-order valence-corrected chi connectivity index (χ2v) is 6.05. The van der Waals surface area contributed by atoms with Crippen LogP contribution in [0.3, 0.4) is 0 Å². The van der Waals surface area contributed by atoms with Gasteiger partial charge < -0.3 is 20.1 Å². The average Bonchev–Trinajstić information content (AvgIpc) is 3.31. The topological polar surface area (TPSA) is 61.8 Å². The second kappa shape index (κ2) is 7.29. The first-order chi connectivity index (χ1) is 11.2. The summed E-state index contributed by atoms with van der Waals surface area (Å²) in [5.74, 6) is 0.312. The Morgan fingerprint density at radius 3 is 2.71 bits per heavy atom. The number of benzene rings is 1. The number of anilines is 1. The quantitative estimate of drug-likeness (QED) is 0.832. The molecule has 1 fully saturated rings. The molecule has 2 N–H and O–H groups in total. The standard InChI is InChI=1S/C16H21F3N2O3/c1-10-12(4-3-5-14(10)24-9-16(17,18)19)20-15(23)21(2)8-13(22)11-6-7-11/h3-5,11,13,22H,6-9H2,1-2H3,(H,20,23). The molecule has 0 bridgehead atoms. The van der Waals surface area contributed by atoms with Gasteiger partial charge in [-0.3, -0.25) is 0 Å². The number of likely N-dealkylation sites (N-methyl/N-ethyl adjacent to an activating group) is 1. The SMILES string of the molecule is Cc1c(NC(=O)N(C)CC(O)C2CC2)cccc1OCC(F)(F)F. The van der Waals surface area contributed by atoms with Gasteiger partial charge in [0.2, 0.25) is 0 Å². The molecular formula is C16H21F3N2O3. The zero-order valence-corrected chi connectivity index (χ0v) is 13.6. The number of rotatable bonds is 6. The van der Waals surface area contributed by atoms with Crippen molar-refractivity contribution in [1.82, 2.24) is 4.90 Å². The summed E-state index contributed by atoms with van der Waals surface area (Å²) in [6.07, 6.45) is -3.05. The maximum atomic E-state index is 12.3. The normalized spacial score (nSPS) is 15.8. The maximum absolute atomic E-state index is 12.3. The molecule has 1 aromatic carbocycles. The molecule has 0 heterocycles. The Labute approximate surface area is 138 Å². The van der Waals surface area contributed by atoms with Crippen LogP contribution in [-0.2, 0) is 0 Å². The summed E-state index contributed by atoms with van der Waals surface area (Å²) in [5.41, 5.74) is 0.777. The lowest BCUT2D eigenvalue weighted by Crippen LogP contribution is -2.38. The molecule has 1 aliphatic carbocycles. The van der Waals surface area contributed by atoms with E-state index in [-0.39, 0.29) is 18.2 Å². The largest absolute Gasteiger partial charge is 0.484 e. The Morgan fingerprint density at radius 1 is 1.46 bits per heavy atom. The number of nitrogens with one attached hydrogen (secondary N) is 1. The van der Waals surface area contributed by atoms with Crippen molar-refractivity contribution < 1.29 is 27.8 Å². The number of alkyl halides is 3. The van der Waals surface area contributed by atoms with E-state index in [0.717, 1.165) is 12.8 Å². The van der Waals surface area contributed by atoms with Gasteiger partial charge in [0.25, 0.3) is 0 Å². The van der Waals surface area contributed by atoms with E-state index >= 15 is 0 Å². The summed E-state index contributed by atoms with van der Waals surface area (Å²) in [6.45, 7) is 0.388. The molecular weight excluding hydrogens is 325 g/mol. The number of carbonyl (C=O) groups is 1. The molecule has 2 amide bonds. The number of aliphatic hydroxyl groups excluding tert-OH is 1. The fourth-order valence-corrected chi connectivity index (χ4v) is 2.27. The van der Waals surface area contributed by atoms with Crippen molar-refractivity contribution in [3.63, 3.8) is 0 Å². The van der Waals surface area contributed by atoms with Crippen molar-refractivity contribution in [1.29, 1.82) is 0 Å². The predicted octanol–water partition coefficient (Wildman–Crippen LogP) is 3.17. The van der Waals surface area contributed by atoms with Gasteiger partial charge in [-0.15, -0.1) is 0 Å². The first-order valence-electron chi connectivity index (χ1n) is 7.66. The minimum absolute atomic E-state index is 0.0609. The van der Waals surface area contributed by atoms with Gasteiger partial charge >= 0.3 is 12.2 Å². The third-order valence-electron chi connectivity index (χ3n) is 3.89. The molecule has 0 radical (unpaired) electrons. The van der Waals surface area contributed by atoms with Gasteiger partial charge in [0.05, 0.1) is 6.10 Å². The van der Waals surface area contributed by atoms with Crippen molar-refractivity contribution in [2.75, 3.05) is 25.5 Å². The van der Waals surface area contributed by atoms with Crippen molar-refractivity contribution in [2.45, 2.75) is 32.0 Å². The van der Waals surface area contributed by atoms with Gasteiger partial charge in [-0.25, -0.2) is 4.79 Å². The Kier molecular flexibility index (Phi) is 5.58. The summed E-state index contributed by atoms with van der Waals surface area (Å²) >= 11 is 0. The van der Waals surface area contributed by atoms with Crippen LogP contribution in [0.4, 0.5) is 23.7 Å². The van der Waals surface area contributed by atoms with Gasteiger partial charge in [-0.2, -0.15) is 13.2 Å². The van der Waals surface area contributed by atoms with Crippen molar-refractivity contribution in [3.05, 3.63) is 23.8 Å². The molecule has 0 spiro atoms. The summed E-state index contributed by atoms with van der Waals surface area (Å²) in [5, 5.41) is 12.5. The number of hydrogen-bond acceptors (Lipinski definition) is 3. The van der Waals surface area contributed by atoms with Crippen LogP contribution in [0.5, 0.6) is 5.75 Å². The molecule has 2 rings (SSSR count). The molecule has 1 atom stereocenters. The molecule has 1 saturated carbocycles. The lowest BCUT2D eigenvalue weighted by Gasteiger charge is -2.22. The molecule has 134 valence electrons. The lowest BCUT2D eigenvalue weighted by atomic mass is 10.2. The van der Waals surface area contributed by atoms with Crippen LogP contribution in [0.2, 0.25) is 0 Å². The van der Waals surface area contributed by atoms with Crippen LogP contribution in [0.1, 0.15) is 18.4 Å². The Bertz CT molecular complexity index is 588. The predicted molar refractivity (Wildman–Crippen MR) is 83.1 cm³/mol. The van der Waals surface area contributed by atoms with Crippen molar-refractivity contribution in [2.24, 2.45) is 5.92 Å². The minimum atomic E-state index is -4.43. The number of amides is 2. The molecule has 1 unspecified atom stereocenters. The molecule has 5 nitrogen and oxygen atoms in total. The third-order valence-corrected chi connectivity index (χ3v) is 3.89. The van der Waals surface area contributed by atoms with E-state index in [9.17, 15) is 23.1 Å². The smallest absolute Gasteiger partial charge is 0.422 e. The molecule has 8 heteroatoms.